The van der Waals surface area contributed by atoms with Crippen molar-refractivity contribution in [2.24, 2.45) is 11.7 Å². The van der Waals surface area contributed by atoms with Crippen LogP contribution in [0.5, 0.6) is 0 Å². The van der Waals surface area contributed by atoms with Crippen LogP contribution in [-0.2, 0) is 25.6 Å². The van der Waals surface area contributed by atoms with Gasteiger partial charge in [-0.25, -0.2) is 4.98 Å². The summed E-state index contributed by atoms with van der Waals surface area (Å²) in [6.45, 7) is 6.43. The fraction of sp³-hybridized carbons (Fsp3) is 0.611. The minimum atomic E-state index is -1.19. The lowest BCUT2D eigenvalue weighted by molar-refractivity contribution is -0.142. The van der Waals surface area contributed by atoms with E-state index in [2.05, 4.69) is 25.9 Å². The molecule has 1 heterocycles. The average Bonchev–Trinajstić information content (AvgIpc) is 3.17. The number of rotatable bonds is 11. The van der Waals surface area contributed by atoms with E-state index in [9.17, 15) is 19.2 Å². The van der Waals surface area contributed by atoms with Gasteiger partial charge in [-0.05, 0) is 19.8 Å². The predicted octanol–water partition coefficient (Wildman–Crippen LogP) is -1.10. The highest BCUT2D eigenvalue weighted by atomic mass is 16.4. The molecule has 0 aromatic carbocycles. The SMILES string of the molecule is CCC(C)C(NC(=O)C(Cc1cnc[nH]1)NC(=O)C(C)N)C(=O)NC(C)C(=O)O. The second kappa shape index (κ2) is 11.1. The number of nitrogens with two attached hydrogens (primary N) is 1. The molecule has 0 aliphatic carbocycles. The second-order valence-electron chi connectivity index (χ2n) is 7.07. The number of hydrogen-bond donors (Lipinski definition) is 6. The maximum absolute atomic E-state index is 12.9. The van der Waals surface area contributed by atoms with Gasteiger partial charge < -0.3 is 31.8 Å². The Morgan fingerprint density at radius 3 is 2.24 bits per heavy atom. The molecule has 0 fully saturated rings. The monoisotopic (exact) mass is 410 g/mol. The molecule has 0 bridgehead atoms. The smallest absolute Gasteiger partial charge is 0.325 e. The summed E-state index contributed by atoms with van der Waals surface area (Å²) in [5.74, 6) is -3.17. The lowest BCUT2D eigenvalue weighted by Crippen LogP contribution is -2.58. The van der Waals surface area contributed by atoms with Crippen LogP contribution in [-0.4, -0.2) is 62.9 Å². The molecule has 1 aromatic rings. The number of aromatic amines is 1. The van der Waals surface area contributed by atoms with Gasteiger partial charge in [-0.2, -0.15) is 0 Å². The third kappa shape index (κ3) is 7.53. The van der Waals surface area contributed by atoms with Gasteiger partial charge in [-0.1, -0.05) is 20.3 Å². The Balaban J connectivity index is 2.98. The van der Waals surface area contributed by atoms with Gasteiger partial charge in [-0.15, -0.1) is 0 Å². The largest absolute Gasteiger partial charge is 0.480 e. The first-order chi connectivity index (χ1) is 13.6. The quantitative estimate of drug-likeness (QED) is 0.268. The molecule has 0 saturated carbocycles. The first-order valence-corrected chi connectivity index (χ1v) is 9.43. The van der Waals surface area contributed by atoms with Crippen LogP contribution >= 0.6 is 0 Å². The second-order valence-corrected chi connectivity index (χ2v) is 7.07. The molecule has 0 aliphatic heterocycles. The van der Waals surface area contributed by atoms with Crippen molar-refractivity contribution >= 4 is 23.7 Å². The van der Waals surface area contributed by atoms with Crippen molar-refractivity contribution in [1.82, 2.24) is 25.9 Å². The van der Waals surface area contributed by atoms with Crippen LogP contribution in [0.2, 0.25) is 0 Å². The molecule has 11 heteroatoms. The number of aliphatic carboxylic acids is 1. The zero-order valence-electron chi connectivity index (χ0n) is 17.1. The van der Waals surface area contributed by atoms with Crippen LogP contribution in [0.3, 0.4) is 0 Å². The van der Waals surface area contributed by atoms with Crippen LogP contribution < -0.4 is 21.7 Å². The molecule has 1 aromatic heterocycles. The lowest BCUT2D eigenvalue weighted by Gasteiger charge is -2.27. The van der Waals surface area contributed by atoms with Crippen LogP contribution in [0.4, 0.5) is 0 Å². The van der Waals surface area contributed by atoms with Crippen LogP contribution in [0.15, 0.2) is 12.5 Å². The summed E-state index contributed by atoms with van der Waals surface area (Å²) in [4.78, 5) is 55.2. The van der Waals surface area contributed by atoms with E-state index >= 15 is 0 Å². The molecule has 3 amide bonds. The molecule has 5 atom stereocenters. The van der Waals surface area contributed by atoms with Crippen LogP contribution in [0.25, 0.3) is 0 Å². The highest BCUT2D eigenvalue weighted by Gasteiger charge is 2.31. The van der Waals surface area contributed by atoms with Crippen molar-refractivity contribution in [1.29, 1.82) is 0 Å². The molecule has 11 nitrogen and oxygen atoms in total. The van der Waals surface area contributed by atoms with Crippen molar-refractivity contribution in [3.05, 3.63) is 18.2 Å². The highest BCUT2D eigenvalue weighted by Crippen LogP contribution is 2.10. The molecule has 0 aliphatic rings. The van der Waals surface area contributed by atoms with E-state index in [1.54, 1.807) is 6.92 Å². The number of carbonyl (C=O) groups is 4. The number of carbonyl (C=O) groups excluding carboxylic acids is 3. The van der Waals surface area contributed by atoms with E-state index < -0.39 is 47.9 Å². The minimum absolute atomic E-state index is 0.116. The number of hydrogen-bond acceptors (Lipinski definition) is 6. The maximum atomic E-state index is 12.9. The zero-order chi connectivity index (χ0) is 22.1. The van der Waals surface area contributed by atoms with Gasteiger partial charge >= 0.3 is 5.97 Å². The molecule has 162 valence electrons. The Kier molecular flexibility index (Phi) is 9.26. The minimum Gasteiger partial charge on any atom is -0.480 e. The van der Waals surface area contributed by atoms with E-state index in [0.717, 1.165) is 0 Å². The Morgan fingerprint density at radius 2 is 1.76 bits per heavy atom. The third-order valence-electron chi connectivity index (χ3n) is 4.55. The number of imidazole rings is 1. The standard InChI is InChI=1S/C18H30N6O5/c1-5-9(2)14(17(27)22-11(4)18(28)29)24-16(26)13(23-15(25)10(3)19)6-12-7-20-8-21-12/h7-11,13-14H,5-6,19H2,1-4H3,(H,20,21)(H,22,27)(H,23,25)(H,24,26)(H,28,29). The summed E-state index contributed by atoms with van der Waals surface area (Å²) in [6, 6.07) is -3.89. The number of nitrogens with one attached hydrogen (secondary N) is 4. The van der Waals surface area contributed by atoms with E-state index in [-0.39, 0.29) is 12.3 Å². The van der Waals surface area contributed by atoms with Gasteiger partial charge in [0, 0.05) is 18.3 Å². The van der Waals surface area contributed by atoms with Crippen molar-refractivity contribution in [2.75, 3.05) is 0 Å². The summed E-state index contributed by atoms with van der Waals surface area (Å²) < 4.78 is 0. The topological polar surface area (TPSA) is 179 Å². The molecule has 0 radical (unpaired) electrons. The van der Waals surface area contributed by atoms with Gasteiger partial charge in [0.1, 0.15) is 18.1 Å². The first kappa shape index (κ1) is 24.1. The van der Waals surface area contributed by atoms with Crippen molar-refractivity contribution in [3.63, 3.8) is 0 Å². The van der Waals surface area contributed by atoms with Crippen LogP contribution in [0, 0.1) is 5.92 Å². The molecule has 5 unspecified atom stereocenters. The molecular formula is C18H30N6O5. The van der Waals surface area contributed by atoms with Crippen molar-refractivity contribution in [2.45, 2.75) is 64.7 Å². The first-order valence-electron chi connectivity index (χ1n) is 9.43. The fourth-order valence-corrected chi connectivity index (χ4v) is 2.45. The van der Waals surface area contributed by atoms with Gasteiger partial charge in [0.15, 0.2) is 0 Å². The van der Waals surface area contributed by atoms with E-state index in [1.165, 1.54) is 26.4 Å². The zero-order valence-corrected chi connectivity index (χ0v) is 17.1. The maximum Gasteiger partial charge on any atom is 0.325 e. The Bertz CT molecular complexity index is 706. The molecule has 7 N–H and O–H groups in total. The van der Waals surface area contributed by atoms with Gasteiger partial charge in [-0.3, -0.25) is 19.2 Å². The summed E-state index contributed by atoms with van der Waals surface area (Å²) in [5, 5.41) is 16.6. The number of carboxylic acid groups (broad SMARTS) is 1. The Labute approximate surface area is 169 Å². The Hall–Kier alpha value is -2.95. The average molecular weight is 410 g/mol. The van der Waals surface area contributed by atoms with E-state index in [0.29, 0.717) is 12.1 Å². The number of carboxylic acids is 1. The molecule has 1 rings (SSSR count). The van der Waals surface area contributed by atoms with Crippen molar-refractivity contribution in [3.8, 4) is 0 Å². The van der Waals surface area contributed by atoms with Crippen molar-refractivity contribution < 1.29 is 24.3 Å². The Morgan fingerprint density at radius 1 is 1.10 bits per heavy atom. The number of H-pyrrole nitrogens is 1. The lowest BCUT2D eigenvalue weighted by atomic mass is 9.97. The fourth-order valence-electron chi connectivity index (χ4n) is 2.45. The normalized spacial score (nSPS) is 16.0. The summed E-state index contributed by atoms with van der Waals surface area (Å²) in [5.41, 5.74) is 6.19. The predicted molar refractivity (Wildman–Crippen MR) is 104 cm³/mol. The highest BCUT2D eigenvalue weighted by molar-refractivity contribution is 5.94. The third-order valence-corrected chi connectivity index (χ3v) is 4.55. The number of nitrogens with zero attached hydrogens (tertiary/aromatic N) is 1. The summed E-state index contributed by atoms with van der Waals surface area (Å²) >= 11 is 0. The van der Waals surface area contributed by atoms with Gasteiger partial charge in [0.05, 0.1) is 12.4 Å². The molecule has 0 saturated heterocycles. The number of amides is 3. The van der Waals surface area contributed by atoms with Crippen LogP contribution in [0.1, 0.15) is 39.8 Å². The van der Waals surface area contributed by atoms with Gasteiger partial charge in [0.2, 0.25) is 17.7 Å². The molecular weight excluding hydrogens is 380 g/mol. The summed E-state index contributed by atoms with van der Waals surface area (Å²) in [7, 11) is 0. The summed E-state index contributed by atoms with van der Waals surface area (Å²) in [6.07, 6.45) is 3.65. The number of aromatic nitrogens is 2. The molecule has 29 heavy (non-hydrogen) atoms. The molecule has 0 spiro atoms. The van der Waals surface area contributed by atoms with E-state index in [4.69, 9.17) is 10.8 Å². The van der Waals surface area contributed by atoms with E-state index in [1.807, 2.05) is 6.92 Å². The van der Waals surface area contributed by atoms with Gasteiger partial charge in [0.25, 0.3) is 0 Å².